The zero-order valence-electron chi connectivity index (χ0n) is 12.2. The van der Waals surface area contributed by atoms with Crippen LogP contribution in [0.4, 0.5) is 0 Å². The lowest BCUT2D eigenvalue weighted by molar-refractivity contribution is 0.163. The van der Waals surface area contributed by atoms with Crippen molar-refractivity contribution in [2.45, 2.75) is 32.7 Å². The van der Waals surface area contributed by atoms with Crippen LogP contribution in [-0.2, 0) is 14.9 Å². The number of ether oxygens (including phenoxy) is 1. The van der Waals surface area contributed by atoms with Crippen LogP contribution < -0.4 is 5.73 Å². The Morgan fingerprint density at radius 2 is 2.16 bits per heavy atom. The Kier molecular flexibility index (Phi) is 6.68. The van der Waals surface area contributed by atoms with Crippen LogP contribution in [0.15, 0.2) is 0 Å². The zero-order chi connectivity index (χ0) is 14.5. The lowest BCUT2D eigenvalue weighted by atomic mass is 10.0. The zero-order valence-corrected chi connectivity index (χ0v) is 13.0. The lowest BCUT2D eigenvalue weighted by Gasteiger charge is -2.36. The summed E-state index contributed by atoms with van der Waals surface area (Å²) in [5.41, 5.74) is 5.67. The second kappa shape index (κ2) is 7.54. The van der Waals surface area contributed by atoms with Crippen molar-refractivity contribution in [2.24, 2.45) is 11.7 Å². The molecule has 1 rings (SSSR count). The van der Waals surface area contributed by atoms with Crippen molar-refractivity contribution in [1.29, 1.82) is 0 Å². The third-order valence-corrected chi connectivity index (χ3v) is 5.71. The van der Waals surface area contributed by atoms with Gasteiger partial charge in [0.15, 0.2) is 0 Å². The van der Waals surface area contributed by atoms with E-state index in [0.29, 0.717) is 32.8 Å². The smallest absolute Gasteiger partial charge is 0.282 e. The minimum absolute atomic E-state index is 0.0709. The Bertz CT molecular complexity index is 359. The number of rotatable bonds is 7. The Hall–Kier alpha value is -0.210. The molecule has 0 aromatic heterocycles. The molecule has 0 aliphatic carbocycles. The number of hydrogen-bond donors (Lipinski definition) is 1. The third kappa shape index (κ3) is 4.39. The number of nitrogens with zero attached hydrogens (tertiary/aromatic N) is 2. The van der Waals surface area contributed by atoms with Gasteiger partial charge in [0.05, 0.1) is 6.61 Å². The van der Waals surface area contributed by atoms with Gasteiger partial charge in [-0.25, -0.2) is 0 Å². The molecule has 0 saturated carbocycles. The molecule has 1 fully saturated rings. The molecular formula is C12H27N3O3S. The molecule has 1 aliphatic heterocycles. The fraction of sp³-hybridized carbons (Fsp3) is 1.00. The highest BCUT2D eigenvalue weighted by Crippen LogP contribution is 2.21. The predicted molar refractivity (Wildman–Crippen MR) is 76.0 cm³/mol. The van der Waals surface area contributed by atoms with E-state index < -0.39 is 10.2 Å². The van der Waals surface area contributed by atoms with Gasteiger partial charge in [-0.15, -0.1) is 0 Å². The highest BCUT2D eigenvalue weighted by Gasteiger charge is 2.34. The van der Waals surface area contributed by atoms with Crippen molar-refractivity contribution < 1.29 is 13.2 Å². The molecule has 0 aromatic rings. The van der Waals surface area contributed by atoms with E-state index in [0.717, 1.165) is 12.8 Å². The van der Waals surface area contributed by atoms with Crippen molar-refractivity contribution in [3.8, 4) is 0 Å². The highest BCUT2D eigenvalue weighted by atomic mass is 32.2. The van der Waals surface area contributed by atoms with Gasteiger partial charge in [-0.3, -0.25) is 0 Å². The van der Waals surface area contributed by atoms with E-state index >= 15 is 0 Å². The molecule has 0 radical (unpaired) electrons. The molecule has 0 spiro atoms. The molecule has 7 heteroatoms. The summed E-state index contributed by atoms with van der Waals surface area (Å²) in [5, 5.41) is 0. The molecule has 1 aliphatic rings. The van der Waals surface area contributed by atoms with Crippen LogP contribution in [0.3, 0.4) is 0 Å². The first-order valence-corrected chi connectivity index (χ1v) is 8.29. The average molecular weight is 293 g/mol. The molecule has 19 heavy (non-hydrogen) atoms. The number of piperidine rings is 1. The van der Waals surface area contributed by atoms with Gasteiger partial charge in [0.1, 0.15) is 0 Å². The third-order valence-electron chi connectivity index (χ3n) is 3.53. The van der Waals surface area contributed by atoms with Crippen LogP contribution in [0.25, 0.3) is 0 Å². The Labute approximate surface area is 117 Å². The number of methoxy groups -OCH3 is 1. The van der Waals surface area contributed by atoms with E-state index in [1.807, 2.05) is 13.8 Å². The standard InChI is InChI=1S/C12H27N3O3S/c1-11(2)15(7-8-18-3)19(16,17)14-6-4-5-12(9-13)10-14/h11-12H,4-10,13H2,1-3H3. The van der Waals surface area contributed by atoms with Crippen LogP contribution >= 0.6 is 0 Å². The Balaban J connectivity index is 2.80. The summed E-state index contributed by atoms with van der Waals surface area (Å²) in [6.45, 7) is 6.25. The summed E-state index contributed by atoms with van der Waals surface area (Å²) in [6, 6.07) is -0.0709. The van der Waals surface area contributed by atoms with Crippen LogP contribution in [-0.4, -0.2) is 63.0 Å². The van der Waals surface area contributed by atoms with Crippen molar-refractivity contribution in [1.82, 2.24) is 8.61 Å². The van der Waals surface area contributed by atoms with Gasteiger partial charge in [-0.1, -0.05) is 0 Å². The van der Waals surface area contributed by atoms with Gasteiger partial charge in [0.25, 0.3) is 10.2 Å². The predicted octanol–water partition coefficient (Wildman–Crippen LogP) is 0.259. The molecule has 0 aromatic carbocycles. The van der Waals surface area contributed by atoms with Gasteiger partial charge in [-0.05, 0) is 39.2 Å². The monoisotopic (exact) mass is 293 g/mol. The largest absolute Gasteiger partial charge is 0.383 e. The maximum atomic E-state index is 12.7. The second-order valence-electron chi connectivity index (χ2n) is 5.31. The quantitative estimate of drug-likeness (QED) is 0.730. The topological polar surface area (TPSA) is 75.9 Å². The Morgan fingerprint density at radius 1 is 1.47 bits per heavy atom. The van der Waals surface area contributed by atoms with E-state index in [1.165, 1.54) is 4.31 Å². The Morgan fingerprint density at radius 3 is 2.68 bits per heavy atom. The summed E-state index contributed by atoms with van der Waals surface area (Å²) in [6.07, 6.45) is 1.90. The molecule has 1 atom stereocenters. The highest BCUT2D eigenvalue weighted by molar-refractivity contribution is 7.86. The molecule has 2 N–H and O–H groups in total. The first-order valence-electron chi connectivity index (χ1n) is 6.89. The summed E-state index contributed by atoms with van der Waals surface area (Å²) in [5.74, 6) is 0.278. The van der Waals surface area contributed by atoms with Gasteiger partial charge in [-0.2, -0.15) is 17.0 Å². The van der Waals surface area contributed by atoms with Gasteiger partial charge < -0.3 is 10.5 Å². The fourth-order valence-electron chi connectivity index (χ4n) is 2.40. The van der Waals surface area contributed by atoms with Gasteiger partial charge in [0.2, 0.25) is 0 Å². The fourth-order valence-corrected chi connectivity index (χ4v) is 4.29. The van der Waals surface area contributed by atoms with Gasteiger partial charge in [0, 0.05) is 32.8 Å². The minimum Gasteiger partial charge on any atom is -0.383 e. The van der Waals surface area contributed by atoms with Crippen molar-refractivity contribution in [3.63, 3.8) is 0 Å². The molecule has 1 unspecified atom stereocenters. The van der Waals surface area contributed by atoms with E-state index in [9.17, 15) is 8.42 Å². The normalized spacial score (nSPS) is 22.3. The number of hydrogen-bond acceptors (Lipinski definition) is 4. The van der Waals surface area contributed by atoms with E-state index in [1.54, 1.807) is 11.4 Å². The van der Waals surface area contributed by atoms with E-state index in [4.69, 9.17) is 10.5 Å². The van der Waals surface area contributed by atoms with E-state index in [2.05, 4.69) is 0 Å². The van der Waals surface area contributed by atoms with Crippen LogP contribution in [0.1, 0.15) is 26.7 Å². The summed E-state index contributed by atoms with van der Waals surface area (Å²) >= 11 is 0. The summed E-state index contributed by atoms with van der Waals surface area (Å²) < 4.78 is 33.4. The number of nitrogens with two attached hydrogens (primary N) is 1. The van der Waals surface area contributed by atoms with Crippen molar-refractivity contribution >= 4 is 10.2 Å². The molecule has 0 amide bonds. The van der Waals surface area contributed by atoms with E-state index in [-0.39, 0.29) is 12.0 Å². The molecule has 114 valence electrons. The molecule has 1 heterocycles. The van der Waals surface area contributed by atoms with Crippen LogP contribution in [0.5, 0.6) is 0 Å². The van der Waals surface area contributed by atoms with Crippen LogP contribution in [0, 0.1) is 5.92 Å². The minimum atomic E-state index is -3.41. The summed E-state index contributed by atoms with van der Waals surface area (Å²) in [7, 11) is -1.83. The molecular weight excluding hydrogens is 266 g/mol. The SMILES string of the molecule is COCCN(C(C)C)S(=O)(=O)N1CCCC(CN)C1. The molecule has 1 saturated heterocycles. The maximum Gasteiger partial charge on any atom is 0.282 e. The maximum absolute atomic E-state index is 12.7. The second-order valence-corrected chi connectivity index (χ2v) is 7.19. The summed E-state index contributed by atoms with van der Waals surface area (Å²) in [4.78, 5) is 0. The first kappa shape index (κ1) is 16.8. The van der Waals surface area contributed by atoms with Gasteiger partial charge >= 0.3 is 0 Å². The van der Waals surface area contributed by atoms with Crippen molar-refractivity contribution in [2.75, 3.05) is 39.9 Å². The van der Waals surface area contributed by atoms with Crippen LogP contribution in [0.2, 0.25) is 0 Å². The lowest BCUT2D eigenvalue weighted by Crippen LogP contribution is -2.51. The van der Waals surface area contributed by atoms with Crippen molar-refractivity contribution in [3.05, 3.63) is 0 Å². The first-order chi connectivity index (χ1) is 8.93. The molecule has 6 nitrogen and oxygen atoms in total. The average Bonchev–Trinajstić information content (AvgIpc) is 2.38. The molecule has 0 bridgehead atoms.